The first-order chi connectivity index (χ1) is 8.92. The van der Waals surface area contributed by atoms with Crippen molar-refractivity contribution >= 4 is 27.3 Å². The fourth-order valence-corrected chi connectivity index (χ4v) is 3.10. The Bertz CT molecular complexity index is 695. The van der Waals surface area contributed by atoms with Crippen LogP contribution >= 0.6 is 11.6 Å². The average molecular weight is 301 g/mol. The Morgan fingerprint density at radius 3 is 2.68 bits per heavy atom. The Morgan fingerprint density at radius 2 is 2.11 bits per heavy atom. The molecule has 0 fully saturated rings. The zero-order valence-electron chi connectivity index (χ0n) is 10.2. The smallest absolute Gasteiger partial charge is 0.265 e. The molecule has 0 amide bonds. The molecule has 3 N–H and O–H groups in total. The lowest BCUT2D eigenvalue weighted by Crippen LogP contribution is -2.13. The van der Waals surface area contributed by atoms with Gasteiger partial charge >= 0.3 is 0 Å². The third kappa shape index (κ3) is 3.09. The van der Waals surface area contributed by atoms with Crippen LogP contribution in [0.5, 0.6) is 0 Å². The molecule has 2 rings (SSSR count). The summed E-state index contributed by atoms with van der Waals surface area (Å²) in [5.74, 6) is 0.721. The van der Waals surface area contributed by atoms with Gasteiger partial charge in [0.25, 0.3) is 10.0 Å². The van der Waals surface area contributed by atoms with Crippen LogP contribution in [0.3, 0.4) is 0 Å². The number of rotatable bonds is 4. The van der Waals surface area contributed by atoms with Gasteiger partial charge in [0, 0.05) is 11.1 Å². The minimum Gasteiger partial charge on any atom is -0.464 e. The summed E-state index contributed by atoms with van der Waals surface area (Å²) in [7, 11) is -3.71. The van der Waals surface area contributed by atoms with Crippen molar-refractivity contribution in [3.05, 3.63) is 46.9 Å². The van der Waals surface area contributed by atoms with E-state index in [4.69, 9.17) is 21.8 Å². The number of aryl methyl sites for hydroxylation is 1. The van der Waals surface area contributed by atoms with Crippen LogP contribution in [0, 0.1) is 6.92 Å². The Balaban J connectivity index is 2.34. The fourth-order valence-electron chi connectivity index (χ4n) is 1.65. The molecule has 0 radical (unpaired) electrons. The monoisotopic (exact) mass is 300 g/mol. The molecule has 0 saturated carbocycles. The summed E-state index contributed by atoms with van der Waals surface area (Å²) in [5.41, 5.74) is 5.81. The molecule has 0 aliphatic heterocycles. The van der Waals surface area contributed by atoms with Gasteiger partial charge < -0.3 is 10.2 Å². The lowest BCUT2D eigenvalue weighted by molar-refractivity contribution is 0.479. The van der Waals surface area contributed by atoms with Gasteiger partial charge in [0.05, 0.1) is 12.2 Å². The lowest BCUT2D eigenvalue weighted by atomic mass is 10.3. The summed E-state index contributed by atoms with van der Waals surface area (Å²) in [4.78, 5) is 0.0768. The van der Waals surface area contributed by atoms with E-state index in [9.17, 15) is 8.42 Å². The normalized spacial score (nSPS) is 11.5. The molecule has 19 heavy (non-hydrogen) atoms. The summed E-state index contributed by atoms with van der Waals surface area (Å²) in [6.07, 6.45) is 0. The van der Waals surface area contributed by atoms with Crippen molar-refractivity contribution in [2.45, 2.75) is 18.4 Å². The highest BCUT2D eigenvalue weighted by atomic mass is 35.5. The van der Waals surface area contributed by atoms with E-state index in [0.717, 1.165) is 0 Å². The summed E-state index contributed by atoms with van der Waals surface area (Å²) >= 11 is 5.81. The fraction of sp³-hybridized carbons (Fsp3) is 0.167. The predicted octanol–water partition coefficient (Wildman–Crippen LogP) is 2.50. The molecule has 0 aliphatic carbocycles. The second kappa shape index (κ2) is 5.24. The van der Waals surface area contributed by atoms with Crippen molar-refractivity contribution in [3.8, 4) is 0 Å². The highest BCUT2D eigenvalue weighted by molar-refractivity contribution is 7.92. The van der Waals surface area contributed by atoms with Crippen molar-refractivity contribution in [3.63, 3.8) is 0 Å². The number of nitrogens with two attached hydrogens (primary N) is 1. The van der Waals surface area contributed by atoms with E-state index in [1.54, 1.807) is 25.1 Å². The lowest BCUT2D eigenvalue weighted by Gasteiger charge is -2.06. The predicted molar refractivity (Wildman–Crippen MR) is 73.6 cm³/mol. The molecule has 0 atom stereocenters. The molecule has 7 heteroatoms. The highest BCUT2D eigenvalue weighted by Gasteiger charge is 2.21. The number of nitrogens with one attached hydrogen (secondary N) is 1. The molecule has 0 saturated heterocycles. The molecule has 0 bridgehead atoms. The van der Waals surface area contributed by atoms with Gasteiger partial charge in [0.2, 0.25) is 0 Å². The number of hydrogen-bond acceptors (Lipinski definition) is 4. The van der Waals surface area contributed by atoms with E-state index in [1.807, 2.05) is 0 Å². The van der Waals surface area contributed by atoms with Crippen molar-refractivity contribution in [2.24, 2.45) is 5.73 Å². The Kier molecular flexibility index (Phi) is 3.84. The van der Waals surface area contributed by atoms with Gasteiger partial charge in [-0.05, 0) is 25.1 Å². The van der Waals surface area contributed by atoms with E-state index < -0.39 is 10.0 Å². The van der Waals surface area contributed by atoms with Gasteiger partial charge in [-0.2, -0.15) is 0 Å². The number of furan rings is 1. The molecule has 1 aromatic heterocycles. The van der Waals surface area contributed by atoms with Crippen molar-refractivity contribution < 1.29 is 12.8 Å². The first-order valence-electron chi connectivity index (χ1n) is 5.50. The topological polar surface area (TPSA) is 85.3 Å². The third-order valence-corrected chi connectivity index (χ3v) is 4.21. The number of hydrogen-bond donors (Lipinski definition) is 2. The van der Waals surface area contributed by atoms with Gasteiger partial charge in [-0.3, -0.25) is 4.72 Å². The molecular weight excluding hydrogens is 288 g/mol. The van der Waals surface area contributed by atoms with E-state index in [-0.39, 0.29) is 11.4 Å². The highest BCUT2D eigenvalue weighted by Crippen LogP contribution is 2.23. The molecule has 2 aromatic rings. The van der Waals surface area contributed by atoms with E-state index in [2.05, 4.69) is 4.72 Å². The van der Waals surface area contributed by atoms with Crippen molar-refractivity contribution in [2.75, 3.05) is 4.72 Å². The largest absolute Gasteiger partial charge is 0.464 e. The molecular formula is C12H13ClN2O3S. The Hall–Kier alpha value is -1.50. The van der Waals surface area contributed by atoms with Crippen LogP contribution in [-0.2, 0) is 16.6 Å². The Labute approximate surface area is 116 Å². The molecule has 1 heterocycles. The van der Waals surface area contributed by atoms with Gasteiger partial charge in [-0.1, -0.05) is 17.7 Å². The summed E-state index contributed by atoms with van der Waals surface area (Å²) in [5, 5.41) is 0.451. The van der Waals surface area contributed by atoms with Gasteiger partial charge in [0.1, 0.15) is 16.4 Å². The number of anilines is 1. The standard InChI is InChI=1S/C12H13ClN2O3S/c1-8-12(6-11(7-14)18-8)19(16,17)15-10-4-2-3-9(13)5-10/h2-6,15H,7,14H2,1H3. The molecule has 102 valence electrons. The quantitative estimate of drug-likeness (QED) is 0.908. The molecule has 0 aliphatic rings. The molecule has 0 unspecified atom stereocenters. The molecule has 5 nitrogen and oxygen atoms in total. The maximum Gasteiger partial charge on any atom is 0.265 e. The van der Waals surface area contributed by atoms with Crippen LogP contribution < -0.4 is 10.5 Å². The van der Waals surface area contributed by atoms with Gasteiger partial charge in [-0.15, -0.1) is 0 Å². The summed E-state index contributed by atoms with van der Waals surface area (Å²) in [6, 6.07) is 7.88. The second-order valence-corrected chi connectivity index (χ2v) is 6.04. The van der Waals surface area contributed by atoms with Crippen LogP contribution in [-0.4, -0.2) is 8.42 Å². The first kappa shape index (κ1) is 13.9. The van der Waals surface area contributed by atoms with Gasteiger partial charge in [0.15, 0.2) is 0 Å². The van der Waals surface area contributed by atoms with E-state index in [1.165, 1.54) is 12.1 Å². The number of sulfonamides is 1. The van der Waals surface area contributed by atoms with E-state index >= 15 is 0 Å². The first-order valence-corrected chi connectivity index (χ1v) is 7.36. The molecule has 1 aromatic carbocycles. The zero-order chi connectivity index (χ0) is 14.0. The minimum atomic E-state index is -3.71. The van der Waals surface area contributed by atoms with Crippen LogP contribution in [0.2, 0.25) is 5.02 Å². The zero-order valence-corrected chi connectivity index (χ0v) is 11.8. The van der Waals surface area contributed by atoms with Crippen LogP contribution in [0.1, 0.15) is 11.5 Å². The van der Waals surface area contributed by atoms with Crippen LogP contribution in [0.4, 0.5) is 5.69 Å². The number of benzene rings is 1. The van der Waals surface area contributed by atoms with Crippen LogP contribution in [0.25, 0.3) is 0 Å². The molecule has 0 spiro atoms. The maximum atomic E-state index is 12.2. The number of halogens is 1. The average Bonchev–Trinajstić information content (AvgIpc) is 2.71. The minimum absolute atomic E-state index is 0.0768. The van der Waals surface area contributed by atoms with Gasteiger partial charge in [-0.25, -0.2) is 8.42 Å². The summed E-state index contributed by atoms with van der Waals surface area (Å²) in [6.45, 7) is 1.72. The van der Waals surface area contributed by atoms with E-state index in [0.29, 0.717) is 22.2 Å². The SMILES string of the molecule is Cc1oc(CN)cc1S(=O)(=O)Nc1cccc(Cl)c1. The Morgan fingerprint density at radius 1 is 1.37 bits per heavy atom. The third-order valence-electron chi connectivity index (χ3n) is 2.49. The maximum absolute atomic E-state index is 12.2. The van der Waals surface area contributed by atoms with Crippen molar-refractivity contribution in [1.82, 2.24) is 0 Å². The van der Waals surface area contributed by atoms with Crippen molar-refractivity contribution in [1.29, 1.82) is 0 Å². The summed E-state index contributed by atoms with van der Waals surface area (Å²) < 4.78 is 32.1. The van der Waals surface area contributed by atoms with Crippen LogP contribution in [0.15, 0.2) is 39.6 Å². The second-order valence-electron chi connectivity index (χ2n) is 3.95.